The molecule has 148 valence electrons. The summed E-state index contributed by atoms with van der Waals surface area (Å²) in [4.78, 5) is 24.8. The number of hydrogen-bond donors (Lipinski definition) is 3. The minimum Gasteiger partial charge on any atom is -0.352 e. The molecule has 0 aromatic heterocycles. The Morgan fingerprint density at radius 1 is 1.00 bits per heavy atom. The molecule has 0 heterocycles. The maximum absolute atomic E-state index is 12.4. The number of unbranched alkanes of at least 4 members (excludes halogenated alkanes) is 1. The van der Waals surface area contributed by atoms with Gasteiger partial charge in [0.15, 0.2) is 5.11 Å². The van der Waals surface area contributed by atoms with E-state index in [-0.39, 0.29) is 16.9 Å². The zero-order valence-corrected chi connectivity index (χ0v) is 17.4. The Bertz CT molecular complexity index is 832. The number of hydrogen-bond acceptors (Lipinski definition) is 3. The second-order valence-corrected chi connectivity index (χ2v) is 7.25. The average molecular weight is 398 g/mol. The van der Waals surface area contributed by atoms with Crippen LogP contribution in [0.25, 0.3) is 0 Å². The fraction of sp³-hybridized carbons (Fsp3) is 0.318. The molecule has 0 atom stereocenters. The highest BCUT2D eigenvalue weighted by atomic mass is 32.1. The monoisotopic (exact) mass is 397 g/mol. The Morgan fingerprint density at radius 3 is 2.32 bits per heavy atom. The summed E-state index contributed by atoms with van der Waals surface area (Å²) in [7, 11) is 0. The molecule has 0 aliphatic rings. The number of nitrogens with one attached hydrogen (secondary N) is 3. The number of carbonyl (C=O) groups excluding carboxylic acids is 2. The molecule has 0 spiro atoms. The van der Waals surface area contributed by atoms with E-state index in [1.165, 1.54) is 5.56 Å². The van der Waals surface area contributed by atoms with E-state index in [1.807, 2.05) is 12.1 Å². The van der Waals surface area contributed by atoms with Crippen molar-refractivity contribution in [2.24, 2.45) is 0 Å². The molecule has 0 saturated heterocycles. The van der Waals surface area contributed by atoms with Crippen molar-refractivity contribution in [1.82, 2.24) is 10.6 Å². The van der Waals surface area contributed by atoms with Crippen LogP contribution in [0.5, 0.6) is 0 Å². The van der Waals surface area contributed by atoms with Crippen LogP contribution in [0.4, 0.5) is 5.69 Å². The van der Waals surface area contributed by atoms with Gasteiger partial charge in [0.05, 0.1) is 11.3 Å². The fourth-order valence-electron chi connectivity index (χ4n) is 2.61. The first-order chi connectivity index (χ1) is 13.4. The maximum Gasteiger partial charge on any atom is 0.257 e. The number of anilines is 1. The molecule has 0 bridgehead atoms. The predicted molar refractivity (Wildman–Crippen MR) is 118 cm³/mol. The molecular weight excluding hydrogens is 370 g/mol. The van der Waals surface area contributed by atoms with Crippen molar-refractivity contribution >= 4 is 34.8 Å². The van der Waals surface area contributed by atoms with Gasteiger partial charge < -0.3 is 10.6 Å². The normalized spacial score (nSPS) is 10.4. The molecule has 0 fully saturated rings. The van der Waals surface area contributed by atoms with Crippen molar-refractivity contribution in [1.29, 1.82) is 0 Å². The van der Waals surface area contributed by atoms with Crippen LogP contribution in [-0.4, -0.2) is 23.5 Å². The SMILES string of the molecule is CCCCNC(=O)c1ccccc1NC(=S)NC(=O)c1ccc(C(C)C)cc1. The van der Waals surface area contributed by atoms with Gasteiger partial charge in [-0.25, -0.2) is 0 Å². The van der Waals surface area contributed by atoms with Gasteiger partial charge in [-0.1, -0.05) is 51.5 Å². The van der Waals surface area contributed by atoms with Crippen LogP contribution in [0, 0.1) is 0 Å². The smallest absolute Gasteiger partial charge is 0.257 e. The van der Waals surface area contributed by atoms with Gasteiger partial charge in [0.1, 0.15) is 0 Å². The summed E-state index contributed by atoms with van der Waals surface area (Å²) in [5.74, 6) is -0.0625. The van der Waals surface area contributed by atoms with Crippen LogP contribution >= 0.6 is 12.2 Å². The summed E-state index contributed by atoms with van der Waals surface area (Å²) in [6, 6.07) is 14.5. The van der Waals surface area contributed by atoms with Gasteiger partial charge in [-0.05, 0) is 54.4 Å². The zero-order valence-electron chi connectivity index (χ0n) is 16.5. The largest absolute Gasteiger partial charge is 0.352 e. The molecule has 5 nitrogen and oxygen atoms in total. The second-order valence-electron chi connectivity index (χ2n) is 6.84. The Kier molecular flexibility index (Phi) is 8.14. The summed E-state index contributed by atoms with van der Waals surface area (Å²) in [5.41, 5.74) is 2.73. The number of para-hydroxylation sites is 1. The second kappa shape index (κ2) is 10.6. The Balaban J connectivity index is 2.01. The first-order valence-electron chi connectivity index (χ1n) is 9.52. The summed E-state index contributed by atoms with van der Waals surface area (Å²) >= 11 is 5.26. The summed E-state index contributed by atoms with van der Waals surface area (Å²) in [5, 5.41) is 8.64. The van der Waals surface area contributed by atoms with E-state index >= 15 is 0 Å². The lowest BCUT2D eigenvalue weighted by Gasteiger charge is -2.14. The lowest BCUT2D eigenvalue weighted by atomic mass is 10.0. The lowest BCUT2D eigenvalue weighted by molar-refractivity contribution is 0.0952. The van der Waals surface area contributed by atoms with E-state index in [1.54, 1.807) is 36.4 Å². The first kappa shape index (κ1) is 21.6. The third-order valence-corrected chi connectivity index (χ3v) is 4.51. The van der Waals surface area contributed by atoms with Crippen molar-refractivity contribution < 1.29 is 9.59 Å². The third-order valence-electron chi connectivity index (χ3n) is 4.30. The molecule has 3 N–H and O–H groups in total. The number of amides is 2. The average Bonchev–Trinajstić information content (AvgIpc) is 2.68. The van der Waals surface area contributed by atoms with Crippen molar-refractivity contribution in [3.63, 3.8) is 0 Å². The molecule has 0 aliphatic heterocycles. The van der Waals surface area contributed by atoms with Gasteiger partial charge in [-0.2, -0.15) is 0 Å². The molecule has 0 unspecified atom stereocenters. The van der Waals surface area contributed by atoms with Crippen molar-refractivity contribution in [3.8, 4) is 0 Å². The topological polar surface area (TPSA) is 70.2 Å². The maximum atomic E-state index is 12.4. The van der Waals surface area contributed by atoms with Crippen LogP contribution in [0.2, 0.25) is 0 Å². The van der Waals surface area contributed by atoms with Gasteiger partial charge in [0.2, 0.25) is 0 Å². The molecule has 2 amide bonds. The summed E-state index contributed by atoms with van der Waals surface area (Å²) in [6.07, 6.45) is 1.93. The van der Waals surface area contributed by atoms with Crippen LogP contribution in [0.1, 0.15) is 65.8 Å². The summed E-state index contributed by atoms with van der Waals surface area (Å²) in [6.45, 7) is 6.89. The van der Waals surface area contributed by atoms with Crippen molar-refractivity contribution in [2.75, 3.05) is 11.9 Å². The van der Waals surface area contributed by atoms with Crippen LogP contribution < -0.4 is 16.0 Å². The fourth-order valence-corrected chi connectivity index (χ4v) is 2.81. The number of thiocarbonyl (C=S) groups is 1. The highest BCUT2D eigenvalue weighted by Crippen LogP contribution is 2.16. The van der Waals surface area contributed by atoms with Crippen LogP contribution in [-0.2, 0) is 0 Å². The van der Waals surface area contributed by atoms with E-state index < -0.39 is 0 Å². The third kappa shape index (κ3) is 6.16. The molecular formula is C22H27N3O2S. The van der Waals surface area contributed by atoms with E-state index in [4.69, 9.17) is 12.2 Å². The van der Waals surface area contributed by atoms with E-state index in [0.717, 1.165) is 12.8 Å². The first-order valence-corrected chi connectivity index (χ1v) is 9.92. The quantitative estimate of drug-likeness (QED) is 0.476. The molecule has 28 heavy (non-hydrogen) atoms. The molecule has 0 aliphatic carbocycles. The molecule has 2 aromatic carbocycles. The minimum atomic E-state index is -0.294. The zero-order chi connectivity index (χ0) is 20.5. The Labute approximate surface area is 171 Å². The van der Waals surface area contributed by atoms with E-state index in [2.05, 4.69) is 36.7 Å². The molecule has 2 rings (SSSR count). The van der Waals surface area contributed by atoms with Crippen molar-refractivity contribution in [2.45, 2.75) is 39.5 Å². The Morgan fingerprint density at radius 2 is 1.68 bits per heavy atom. The van der Waals surface area contributed by atoms with Gasteiger partial charge in [0, 0.05) is 12.1 Å². The standard InChI is InChI=1S/C22H27N3O2S/c1-4-5-14-23-21(27)18-8-6-7-9-19(18)24-22(28)25-20(26)17-12-10-16(11-13-17)15(2)3/h6-13,15H,4-5,14H2,1-3H3,(H,23,27)(H2,24,25,26,28). The number of carbonyl (C=O) groups is 2. The van der Waals surface area contributed by atoms with E-state index in [0.29, 0.717) is 29.3 Å². The Hall–Kier alpha value is -2.73. The van der Waals surface area contributed by atoms with Crippen LogP contribution in [0.15, 0.2) is 48.5 Å². The summed E-state index contributed by atoms with van der Waals surface area (Å²) < 4.78 is 0. The van der Waals surface area contributed by atoms with Crippen molar-refractivity contribution in [3.05, 3.63) is 65.2 Å². The highest BCUT2D eigenvalue weighted by Gasteiger charge is 2.13. The van der Waals surface area contributed by atoms with Gasteiger partial charge in [-0.3, -0.25) is 14.9 Å². The number of rotatable bonds is 7. The molecule has 6 heteroatoms. The van der Waals surface area contributed by atoms with Gasteiger partial charge in [-0.15, -0.1) is 0 Å². The molecule has 2 aromatic rings. The molecule has 0 saturated carbocycles. The van der Waals surface area contributed by atoms with E-state index in [9.17, 15) is 9.59 Å². The molecule has 0 radical (unpaired) electrons. The number of benzene rings is 2. The lowest BCUT2D eigenvalue weighted by Crippen LogP contribution is -2.35. The van der Waals surface area contributed by atoms with Gasteiger partial charge >= 0.3 is 0 Å². The highest BCUT2D eigenvalue weighted by molar-refractivity contribution is 7.80. The van der Waals surface area contributed by atoms with Gasteiger partial charge in [0.25, 0.3) is 11.8 Å². The van der Waals surface area contributed by atoms with Crippen LogP contribution in [0.3, 0.4) is 0 Å². The minimum absolute atomic E-state index is 0.145. The predicted octanol–water partition coefficient (Wildman–Crippen LogP) is 4.47.